The van der Waals surface area contributed by atoms with Crippen molar-refractivity contribution in [2.75, 3.05) is 172 Å². The van der Waals surface area contributed by atoms with Crippen LogP contribution in [0.3, 0.4) is 0 Å². The largest absolute Gasteiger partial charge is 0.481 e. The maximum absolute atomic E-state index is 10.3. The maximum atomic E-state index is 10.3. The van der Waals surface area contributed by atoms with Gasteiger partial charge >= 0.3 is 5.97 Å². The van der Waals surface area contributed by atoms with Crippen molar-refractivity contribution < 1.29 is 71.5 Å². The van der Waals surface area contributed by atoms with E-state index in [1.807, 2.05) is 6.92 Å². The molecule has 0 rings (SSSR count). The molecule has 264 valence electrons. The summed E-state index contributed by atoms with van der Waals surface area (Å²) >= 11 is 0. The molecule has 15 nitrogen and oxygen atoms in total. The molecule has 0 aromatic carbocycles. The van der Waals surface area contributed by atoms with E-state index in [4.69, 9.17) is 66.7 Å². The van der Waals surface area contributed by atoms with Crippen LogP contribution in [0, 0.1) is 0 Å². The fourth-order valence-corrected chi connectivity index (χ4v) is 2.94. The van der Waals surface area contributed by atoms with Gasteiger partial charge in [-0.2, -0.15) is 0 Å². The smallest absolute Gasteiger partial charge is 0.305 e. The summed E-state index contributed by atoms with van der Waals surface area (Å²) in [6.07, 6.45) is -0.00216. The van der Waals surface area contributed by atoms with Crippen molar-refractivity contribution in [3.8, 4) is 0 Å². The molecule has 0 atom stereocenters. The molecule has 0 saturated heterocycles. The first-order valence-corrected chi connectivity index (χ1v) is 15.5. The Labute approximate surface area is 262 Å². The average molecular weight is 647 g/mol. The summed E-state index contributed by atoms with van der Waals surface area (Å²) in [5.41, 5.74) is 0. The van der Waals surface area contributed by atoms with Gasteiger partial charge in [0.1, 0.15) is 0 Å². The molecule has 0 aliphatic carbocycles. The Morgan fingerprint density at radius 1 is 0.318 bits per heavy atom. The third-order valence-corrected chi connectivity index (χ3v) is 5.13. The number of carboxylic acids is 1. The fourth-order valence-electron chi connectivity index (χ4n) is 2.94. The molecule has 44 heavy (non-hydrogen) atoms. The highest BCUT2D eigenvalue weighted by atomic mass is 16.6. The zero-order valence-corrected chi connectivity index (χ0v) is 26.8. The third kappa shape index (κ3) is 41.0. The van der Waals surface area contributed by atoms with E-state index in [1.165, 1.54) is 0 Å². The van der Waals surface area contributed by atoms with Crippen molar-refractivity contribution in [2.45, 2.75) is 13.3 Å². The van der Waals surface area contributed by atoms with Gasteiger partial charge in [-0.15, -0.1) is 0 Å². The first kappa shape index (κ1) is 43.0. The second-order valence-electron chi connectivity index (χ2n) is 8.69. The lowest BCUT2D eigenvalue weighted by Gasteiger charge is -2.09. The van der Waals surface area contributed by atoms with Gasteiger partial charge in [-0.1, -0.05) is 0 Å². The van der Waals surface area contributed by atoms with Gasteiger partial charge in [0.2, 0.25) is 0 Å². The molecule has 0 amide bonds. The first-order valence-electron chi connectivity index (χ1n) is 15.5. The van der Waals surface area contributed by atoms with Crippen LogP contribution in [0.5, 0.6) is 0 Å². The van der Waals surface area contributed by atoms with Gasteiger partial charge in [0, 0.05) is 6.61 Å². The van der Waals surface area contributed by atoms with Gasteiger partial charge in [0.25, 0.3) is 0 Å². The summed E-state index contributed by atoms with van der Waals surface area (Å²) in [6.45, 7) is 14.8. The van der Waals surface area contributed by atoms with E-state index in [0.29, 0.717) is 165 Å². The molecule has 0 aliphatic rings. The normalized spacial score (nSPS) is 11.5. The van der Waals surface area contributed by atoms with E-state index in [1.54, 1.807) is 0 Å². The van der Waals surface area contributed by atoms with Crippen molar-refractivity contribution in [1.29, 1.82) is 0 Å². The number of carboxylic acid groups (broad SMARTS) is 1. The Morgan fingerprint density at radius 3 is 0.636 bits per heavy atom. The van der Waals surface area contributed by atoms with Crippen LogP contribution in [0.4, 0.5) is 0 Å². The zero-order chi connectivity index (χ0) is 31.9. The van der Waals surface area contributed by atoms with E-state index in [2.05, 4.69) is 0 Å². The van der Waals surface area contributed by atoms with E-state index < -0.39 is 5.97 Å². The Bertz CT molecular complexity index is 545. The molecule has 0 unspecified atom stereocenters. The van der Waals surface area contributed by atoms with Crippen LogP contribution < -0.4 is 0 Å². The van der Waals surface area contributed by atoms with Crippen molar-refractivity contribution >= 4 is 5.97 Å². The second-order valence-corrected chi connectivity index (χ2v) is 8.69. The fraction of sp³-hybridized carbons (Fsp3) is 0.966. The summed E-state index contributed by atoms with van der Waals surface area (Å²) in [7, 11) is 0. The minimum absolute atomic E-state index is 0.00216. The van der Waals surface area contributed by atoms with Gasteiger partial charge < -0.3 is 66.7 Å². The predicted molar refractivity (Wildman–Crippen MR) is 159 cm³/mol. The van der Waals surface area contributed by atoms with Crippen molar-refractivity contribution in [2.24, 2.45) is 0 Å². The highest BCUT2D eigenvalue weighted by Gasteiger charge is 1.98. The summed E-state index contributed by atoms with van der Waals surface area (Å²) in [5, 5.41) is 8.48. The van der Waals surface area contributed by atoms with Crippen LogP contribution in [0.15, 0.2) is 0 Å². The molecule has 0 bridgehead atoms. The molecule has 15 heteroatoms. The molecule has 0 fully saturated rings. The van der Waals surface area contributed by atoms with Gasteiger partial charge in [-0.05, 0) is 6.92 Å². The monoisotopic (exact) mass is 646 g/mol. The molecule has 0 aromatic heterocycles. The molecular formula is C29H58O15. The summed E-state index contributed by atoms with van der Waals surface area (Å²) in [6, 6.07) is 0. The van der Waals surface area contributed by atoms with E-state index in [-0.39, 0.29) is 13.0 Å². The van der Waals surface area contributed by atoms with Crippen LogP contribution in [0.1, 0.15) is 13.3 Å². The van der Waals surface area contributed by atoms with Crippen LogP contribution >= 0.6 is 0 Å². The molecule has 0 aliphatic heterocycles. The van der Waals surface area contributed by atoms with Crippen molar-refractivity contribution in [3.63, 3.8) is 0 Å². The Morgan fingerprint density at radius 2 is 0.477 bits per heavy atom. The highest BCUT2D eigenvalue weighted by Crippen LogP contribution is 1.88. The van der Waals surface area contributed by atoms with E-state index in [9.17, 15) is 4.79 Å². The molecule has 0 radical (unpaired) electrons. The molecule has 0 saturated carbocycles. The van der Waals surface area contributed by atoms with Crippen molar-refractivity contribution in [1.82, 2.24) is 0 Å². The predicted octanol–water partition coefficient (Wildman–Crippen LogP) is 0.697. The Hall–Kier alpha value is -1.05. The summed E-state index contributed by atoms with van der Waals surface area (Å²) in [4.78, 5) is 10.3. The average Bonchev–Trinajstić information content (AvgIpc) is 3.02. The van der Waals surface area contributed by atoms with Gasteiger partial charge in [-0.3, -0.25) is 4.79 Å². The standard InChI is InChI=1S/C29H58O15/c1-2-32-5-6-34-9-10-36-13-14-38-17-18-40-21-22-42-25-26-44-28-27-43-24-23-41-20-19-39-16-15-37-12-11-35-8-7-33-4-3-29(30)31/h2-28H2,1H3,(H,30,31). The van der Waals surface area contributed by atoms with E-state index >= 15 is 0 Å². The summed E-state index contributed by atoms with van der Waals surface area (Å²) < 4.78 is 69.9. The number of aliphatic carboxylic acids is 1. The SMILES string of the molecule is CCOCCOCCOCCOCCOCCOCCOCCOCCOCCOCCOCCOCCOCCC(=O)O. The Kier molecular flexibility index (Phi) is 39.0. The van der Waals surface area contributed by atoms with Crippen molar-refractivity contribution in [3.05, 3.63) is 0 Å². The van der Waals surface area contributed by atoms with Crippen LogP contribution in [0.25, 0.3) is 0 Å². The minimum Gasteiger partial charge on any atom is -0.481 e. The van der Waals surface area contributed by atoms with Gasteiger partial charge in [0.15, 0.2) is 0 Å². The second kappa shape index (κ2) is 40.0. The maximum Gasteiger partial charge on any atom is 0.305 e. The Balaban J connectivity index is 3.04. The highest BCUT2D eigenvalue weighted by molar-refractivity contribution is 5.66. The van der Waals surface area contributed by atoms with E-state index in [0.717, 1.165) is 0 Å². The molecule has 0 aromatic rings. The lowest BCUT2D eigenvalue weighted by Crippen LogP contribution is -2.15. The van der Waals surface area contributed by atoms with Crippen LogP contribution in [0.2, 0.25) is 0 Å². The first-order chi connectivity index (χ1) is 21.8. The molecular weight excluding hydrogens is 588 g/mol. The number of rotatable bonds is 40. The van der Waals surface area contributed by atoms with Gasteiger partial charge in [0.05, 0.1) is 172 Å². The number of hydrogen-bond acceptors (Lipinski definition) is 14. The quantitative estimate of drug-likeness (QED) is 0.0927. The third-order valence-electron chi connectivity index (χ3n) is 5.13. The summed E-state index contributed by atoms with van der Waals surface area (Å²) in [5.74, 6) is -0.874. The topological polar surface area (TPSA) is 157 Å². The molecule has 0 spiro atoms. The lowest BCUT2D eigenvalue weighted by molar-refractivity contribution is -0.138. The number of carbonyl (C=O) groups is 1. The van der Waals surface area contributed by atoms with Gasteiger partial charge in [-0.25, -0.2) is 0 Å². The molecule has 1 N–H and O–H groups in total. The minimum atomic E-state index is -0.874. The zero-order valence-electron chi connectivity index (χ0n) is 26.8. The van der Waals surface area contributed by atoms with Crippen LogP contribution in [-0.2, 0) is 66.4 Å². The van der Waals surface area contributed by atoms with Crippen LogP contribution in [-0.4, -0.2) is 183 Å². The number of hydrogen-bond donors (Lipinski definition) is 1. The number of ether oxygens (including phenoxy) is 13. The molecule has 0 heterocycles. The lowest BCUT2D eigenvalue weighted by atomic mass is 10.5.